The molecule has 0 fully saturated rings. The van der Waals surface area contributed by atoms with Gasteiger partial charge in [-0.1, -0.05) is 56.0 Å². The summed E-state index contributed by atoms with van der Waals surface area (Å²) in [6.45, 7) is 18.2. The van der Waals surface area contributed by atoms with Gasteiger partial charge in [0.2, 0.25) is 0 Å². The van der Waals surface area contributed by atoms with Crippen LogP contribution in [0.3, 0.4) is 0 Å². The summed E-state index contributed by atoms with van der Waals surface area (Å²) in [6.07, 6.45) is 11.1. The summed E-state index contributed by atoms with van der Waals surface area (Å²) in [5.74, 6) is 0.498. The lowest BCUT2D eigenvalue weighted by Crippen LogP contribution is -2.01. The first-order chi connectivity index (χ1) is 15.8. The molecule has 1 aromatic carbocycles. The van der Waals surface area contributed by atoms with Crippen molar-refractivity contribution in [2.24, 2.45) is 4.99 Å². The number of aliphatic imine (C=N–C) groups is 1. The number of nitrogens with zero attached hydrogens (tertiary/aromatic N) is 2. The van der Waals surface area contributed by atoms with Gasteiger partial charge in [-0.2, -0.15) is 5.26 Å². The monoisotopic (exact) mass is 460 g/mol. The number of halogens is 1. The number of benzene rings is 1. The Bertz CT molecular complexity index is 1110. The Morgan fingerprint density at radius 2 is 2.06 bits per heavy atom. The molecule has 1 atom stereocenters. The third-order valence-corrected chi connectivity index (χ3v) is 6.16. The lowest BCUT2D eigenvalue weighted by atomic mass is 9.93. The molecule has 4 heteroatoms. The van der Waals surface area contributed by atoms with Gasteiger partial charge in [-0.05, 0) is 91.7 Å². The molecule has 33 heavy (non-hydrogen) atoms. The van der Waals surface area contributed by atoms with E-state index in [2.05, 4.69) is 31.9 Å². The molecule has 0 amide bonds. The molecule has 3 nitrogen and oxygen atoms in total. The predicted molar refractivity (Wildman–Crippen MR) is 141 cm³/mol. The van der Waals surface area contributed by atoms with Crippen LogP contribution >= 0.6 is 11.6 Å². The standard InChI is InChI=1S/C29H33ClN2O/c1-8-22(18-31)26-15-16-27(30)29(21(26)6)32-28-17-23(12-10-11-20(28)5)25(19(3)4)14-13-24(9-2)33-7/h9,13-17,22H,2-3,5,8,10-12H2,1,4,6-7H3/b24-13+,25-14+,32-28?. The third-order valence-electron chi connectivity index (χ3n) is 5.85. The van der Waals surface area contributed by atoms with E-state index in [1.54, 1.807) is 13.2 Å². The molecular formula is C29H33ClN2O. The molecule has 2 rings (SSSR count). The molecule has 0 aromatic heterocycles. The van der Waals surface area contributed by atoms with Crippen LogP contribution in [0.25, 0.3) is 0 Å². The SMILES string of the molecule is C=C/C(=C\C=C(/C(=C)C)C1=CC(=Nc2c(Cl)ccc(C(C#N)CC)c2C)C(=C)CCC1)OC. The Morgan fingerprint density at radius 1 is 1.33 bits per heavy atom. The summed E-state index contributed by atoms with van der Waals surface area (Å²) in [5.41, 5.74) is 7.52. The molecule has 172 valence electrons. The van der Waals surface area contributed by atoms with Crippen LogP contribution in [0.2, 0.25) is 5.02 Å². The predicted octanol–water partition coefficient (Wildman–Crippen LogP) is 8.62. The van der Waals surface area contributed by atoms with Crippen LogP contribution < -0.4 is 0 Å². The van der Waals surface area contributed by atoms with Crippen LogP contribution in [0.15, 0.2) is 89.2 Å². The lowest BCUT2D eigenvalue weighted by Gasteiger charge is -2.15. The summed E-state index contributed by atoms with van der Waals surface area (Å²) in [6, 6.07) is 6.15. The summed E-state index contributed by atoms with van der Waals surface area (Å²) >= 11 is 6.57. The van der Waals surface area contributed by atoms with Gasteiger partial charge in [-0.15, -0.1) is 0 Å². The fourth-order valence-electron chi connectivity index (χ4n) is 3.89. The van der Waals surface area contributed by atoms with Crippen LogP contribution in [-0.2, 0) is 4.74 Å². The molecule has 0 aliphatic heterocycles. The topological polar surface area (TPSA) is 45.4 Å². The highest BCUT2D eigenvalue weighted by Gasteiger charge is 2.18. The van der Waals surface area contributed by atoms with Gasteiger partial charge in [0.15, 0.2) is 0 Å². The van der Waals surface area contributed by atoms with E-state index in [1.165, 1.54) is 0 Å². The van der Waals surface area contributed by atoms with Crippen molar-refractivity contribution in [3.63, 3.8) is 0 Å². The maximum Gasteiger partial charge on any atom is 0.118 e. The van der Waals surface area contributed by atoms with E-state index >= 15 is 0 Å². The fourth-order valence-corrected chi connectivity index (χ4v) is 4.14. The van der Waals surface area contributed by atoms with Crippen LogP contribution in [-0.4, -0.2) is 12.8 Å². The zero-order valence-electron chi connectivity index (χ0n) is 20.2. The summed E-state index contributed by atoms with van der Waals surface area (Å²) in [7, 11) is 1.62. The van der Waals surface area contributed by atoms with E-state index in [4.69, 9.17) is 21.3 Å². The quantitative estimate of drug-likeness (QED) is 0.288. The molecule has 0 saturated heterocycles. The highest BCUT2D eigenvalue weighted by molar-refractivity contribution is 6.33. The lowest BCUT2D eigenvalue weighted by molar-refractivity contribution is 0.307. The van der Waals surface area contributed by atoms with Crippen LogP contribution in [0.5, 0.6) is 0 Å². The zero-order chi connectivity index (χ0) is 24.5. The van der Waals surface area contributed by atoms with Crippen molar-refractivity contribution in [1.82, 2.24) is 0 Å². The molecule has 1 aliphatic rings. The van der Waals surface area contributed by atoms with Crippen molar-refractivity contribution in [3.8, 4) is 6.07 Å². The number of nitriles is 1. The highest BCUT2D eigenvalue weighted by Crippen LogP contribution is 2.37. The van der Waals surface area contributed by atoms with Crippen LogP contribution in [0, 0.1) is 18.3 Å². The van der Waals surface area contributed by atoms with Crippen molar-refractivity contribution in [3.05, 3.63) is 100 Å². The first kappa shape index (κ1) is 26.2. The normalized spacial score (nSPS) is 17.2. The van der Waals surface area contributed by atoms with Crippen molar-refractivity contribution in [1.29, 1.82) is 5.26 Å². The Hall–Kier alpha value is -3.09. The average molecular weight is 461 g/mol. The van der Waals surface area contributed by atoms with Crippen molar-refractivity contribution in [2.75, 3.05) is 7.11 Å². The minimum atomic E-state index is -0.186. The molecule has 1 aliphatic carbocycles. The van der Waals surface area contributed by atoms with Crippen molar-refractivity contribution in [2.45, 2.75) is 52.4 Å². The van der Waals surface area contributed by atoms with E-state index in [0.29, 0.717) is 16.5 Å². The second kappa shape index (κ2) is 12.2. The second-order valence-electron chi connectivity index (χ2n) is 8.16. The van der Waals surface area contributed by atoms with E-state index in [1.807, 2.05) is 45.1 Å². The molecule has 0 N–H and O–H groups in total. The maximum atomic E-state index is 9.56. The Kier molecular flexibility index (Phi) is 9.70. The number of ether oxygens (including phenoxy) is 1. The molecular weight excluding hydrogens is 428 g/mol. The maximum absolute atomic E-state index is 9.56. The highest BCUT2D eigenvalue weighted by atomic mass is 35.5. The number of methoxy groups -OCH3 is 1. The van der Waals surface area contributed by atoms with E-state index < -0.39 is 0 Å². The molecule has 0 radical (unpaired) electrons. The first-order valence-corrected chi connectivity index (χ1v) is 11.6. The zero-order valence-corrected chi connectivity index (χ0v) is 20.9. The number of hydrogen-bond donors (Lipinski definition) is 0. The van der Waals surface area contributed by atoms with Crippen molar-refractivity contribution >= 4 is 23.0 Å². The van der Waals surface area contributed by atoms with E-state index in [0.717, 1.165) is 64.8 Å². The fraction of sp³-hybridized carbons (Fsp3) is 0.310. The van der Waals surface area contributed by atoms with E-state index in [9.17, 15) is 5.26 Å². The van der Waals surface area contributed by atoms with Gasteiger partial charge in [-0.3, -0.25) is 0 Å². The average Bonchev–Trinajstić information content (AvgIpc) is 2.97. The van der Waals surface area contributed by atoms with Gasteiger partial charge in [0.25, 0.3) is 0 Å². The first-order valence-electron chi connectivity index (χ1n) is 11.2. The van der Waals surface area contributed by atoms with Gasteiger partial charge in [0.1, 0.15) is 5.76 Å². The van der Waals surface area contributed by atoms with Gasteiger partial charge in [-0.25, -0.2) is 4.99 Å². The Morgan fingerprint density at radius 3 is 2.64 bits per heavy atom. The molecule has 0 saturated carbocycles. The van der Waals surface area contributed by atoms with Crippen LogP contribution in [0.4, 0.5) is 5.69 Å². The summed E-state index contributed by atoms with van der Waals surface area (Å²) in [4.78, 5) is 4.98. The Balaban J connectivity index is 2.66. The largest absolute Gasteiger partial charge is 0.497 e. The van der Waals surface area contributed by atoms with Gasteiger partial charge < -0.3 is 4.74 Å². The third kappa shape index (κ3) is 6.46. The minimum Gasteiger partial charge on any atom is -0.497 e. The summed E-state index contributed by atoms with van der Waals surface area (Å²) < 4.78 is 5.31. The molecule has 1 aromatic rings. The minimum absolute atomic E-state index is 0.186. The van der Waals surface area contributed by atoms with Crippen molar-refractivity contribution < 1.29 is 4.74 Å². The molecule has 0 spiro atoms. The number of hydrogen-bond acceptors (Lipinski definition) is 3. The van der Waals surface area contributed by atoms with Crippen LogP contribution in [0.1, 0.15) is 56.6 Å². The van der Waals surface area contributed by atoms with Gasteiger partial charge in [0, 0.05) is 0 Å². The molecule has 0 heterocycles. The molecule has 0 bridgehead atoms. The Labute approximate surface area is 203 Å². The van der Waals surface area contributed by atoms with E-state index in [-0.39, 0.29) is 5.92 Å². The van der Waals surface area contributed by atoms with Gasteiger partial charge in [0.05, 0.1) is 35.5 Å². The second-order valence-corrected chi connectivity index (χ2v) is 8.57. The smallest absolute Gasteiger partial charge is 0.118 e. The molecule has 1 unspecified atom stereocenters. The number of allylic oxidation sites excluding steroid dienone is 8. The summed E-state index contributed by atoms with van der Waals surface area (Å²) in [5, 5.41) is 10.1. The number of rotatable bonds is 8. The van der Waals surface area contributed by atoms with Gasteiger partial charge >= 0.3 is 0 Å².